The van der Waals surface area contributed by atoms with Gasteiger partial charge in [0.15, 0.2) is 6.10 Å². The van der Waals surface area contributed by atoms with Crippen molar-refractivity contribution >= 4 is 29.3 Å². The van der Waals surface area contributed by atoms with E-state index in [-0.39, 0.29) is 12.5 Å². The zero-order valence-electron chi connectivity index (χ0n) is 21.1. The maximum absolute atomic E-state index is 12.9. The monoisotopic (exact) mass is 497 g/mol. The fourth-order valence-corrected chi connectivity index (χ4v) is 3.68. The maximum Gasteiger partial charge on any atom is 0.408 e. The molecule has 0 aromatic heterocycles. The molecule has 0 bridgehead atoms. The van der Waals surface area contributed by atoms with E-state index in [1.165, 1.54) is 6.92 Å². The first kappa shape index (κ1) is 27.0. The predicted molar refractivity (Wildman–Crippen MR) is 137 cm³/mol. The Morgan fingerprint density at radius 2 is 1.67 bits per heavy atom. The SMILES string of the molecule is CC[C@H](C)[C@H](NC(=O)OCc1ccccc1)C(=O)O[C@H](C)C(=O)Nc1ccc(N2CCOCC2)cc1. The first-order chi connectivity index (χ1) is 17.4. The molecule has 1 fully saturated rings. The van der Waals surface area contributed by atoms with E-state index >= 15 is 0 Å². The van der Waals surface area contributed by atoms with Crippen LogP contribution in [0.1, 0.15) is 32.8 Å². The third-order valence-electron chi connectivity index (χ3n) is 6.13. The molecule has 1 aliphatic rings. The second-order valence-corrected chi connectivity index (χ2v) is 8.78. The van der Waals surface area contributed by atoms with E-state index in [1.54, 1.807) is 0 Å². The van der Waals surface area contributed by atoms with Crippen molar-refractivity contribution in [3.63, 3.8) is 0 Å². The lowest BCUT2D eigenvalue weighted by molar-refractivity contribution is -0.156. The Labute approximate surface area is 212 Å². The molecule has 0 unspecified atom stereocenters. The van der Waals surface area contributed by atoms with E-state index in [0.717, 1.165) is 24.3 Å². The summed E-state index contributed by atoms with van der Waals surface area (Å²) in [5.41, 5.74) is 2.48. The average Bonchev–Trinajstić information content (AvgIpc) is 2.91. The van der Waals surface area contributed by atoms with Crippen molar-refractivity contribution in [3.05, 3.63) is 60.2 Å². The van der Waals surface area contributed by atoms with Crippen LogP contribution >= 0.6 is 0 Å². The minimum Gasteiger partial charge on any atom is -0.451 e. The number of hydrogen-bond acceptors (Lipinski definition) is 7. The minimum atomic E-state index is -1.05. The summed E-state index contributed by atoms with van der Waals surface area (Å²) in [5.74, 6) is -1.37. The Morgan fingerprint density at radius 1 is 1.00 bits per heavy atom. The zero-order chi connectivity index (χ0) is 25.9. The summed E-state index contributed by atoms with van der Waals surface area (Å²) in [6, 6.07) is 15.8. The Hall–Kier alpha value is -3.59. The van der Waals surface area contributed by atoms with Gasteiger partial charge in [-0.2, -0.15) is 0 Å². The van der Waals surface area contributed by atoms with Crippen LogP contribution in [0.3, 0.4) is 0 Å². The molecule has 9 heteroatoms. The summed E-state index contributed by atoms with van der Waals surface area (Å²) in [5, 5.41) is 5.36. The number of carbonyl (C=O) groups excluding carboxylic acids is 3. The largest absolute Gasteiger partial charge is 0.451 e. The topological polar surface area (TPSA) is 106 Å². The molecule has 0 saturated carbocycles. The van der Waals surface area contributed by atoms with Gasteiger partial charge in [0.25, 0.3) is 5.91 Å². The van der Waals surface area contributed by atoms with Crippen LogP contribution < -0.4 is 15.5 Å². The number of ether oxygens (including phenoxy) is 3. The van der Waals surface area contributed by atoms with Gasteiger partial charge in [-0.1, -0.05) is 50.6 Å². The fourth-order valence-electron chi connectivity index (χ4n) is 3.68. The number of hydrogen-bond donors (Lipinski definition) is 2. The molecule has 1 aliphatic heterocycles. The van der Waals surface area contributed by atoms with Crippen molar-refractivity contribution in [1.82, 2.24) is 5.32 Å². The van der Waals surface area contributed by atoms with E-state index in [0.29, 0.717) is 25.3 Å². The third kappa shape index (κ3) is 7.98. The Kier molecular flexibility index (Phi) is 10.1. The second kappa shape index (κ2) is 13.5. The van der Waals surface area contributed by atoms with Gasteiger partial charge in [-0.05, 0) is 42.7 Å². The molecular weight excluding hydrogens is 462 g/mol. The molecule has 0 radical (unpaired) electrons. The van der Waals surface area contributed by atoms with Gasteiger partial charge in [0.1, 0.15) is 12.6 Å². The van der Waals surface area contributed by atoms with Crippen LogP contribution in [-0.4, -0.2) is 56.4 Å². The Bertz CT molecular complexity index is 992. The highest BCUT2D eigenvalue weighted by Crippen LogP contribution is 2.19. The molecule has 3 rings (SSSR count). The summed E-state index contributed by atoms with van der Waals surface area (Å²) in [4.78, 5) is 40.0. The number of morpholine rings is 1. The number of esters is 1. The van der Waals surface area contributed by atoms with Gasteiger partial charge in [0.2, 0.25) is 0 Å². The van der Waals surface area contributed by atoms with Crippen molar-refractivity contribution in [2.75, 3.05) is 36.5 Å². The van der Waals surface area contributed by atoms with Gasteiger partial charge in [0, 0.05) is 24.5 Å². The van der Waals surface area contributed by atoms with Crippen LogP contribution in [0, 0.1) is 5.92 Å². The van der Waals surface area contributed by atoms with E-state index in [2.05, 4.69) is 15.5 Å². The highest BCUT2D eigenvalue weighted by Gasteiger charge is 2.30. The fraction of sp³-hybridized carbons (Fsp3) is 0.444. The zero-order valence-corrected chi connectivity index (χ0v) is 21.1. The van der Waals surface area contributed by atoms with Gasteiger partial charge >= 0.3 is 12.1 Å². The van der Waals surface area contributed by atoms with Crippen LogP contribution in [0.5, 0.6) is 0 Å². The number of benzene rings is 2. The van der Waals surface area contributed by atoms with Crippen molar-refractivity contribution in [2.45, 2.75) is 45.9 Å². The molecule has 2 amide bonds. The standard InChI is InChI=1S/C27H35N3O6/c1-4-19(2)24(29-27(33)35-18-21-8-6-5-7-9-21)26(32)36-20(3)25(31)28-22-10-12-23(13-11-22)30-14-16-34-17-15-30/h5-13,19-20,24H,4,14-18H2,1-3H3,(H,28,31)(H,29,33)/t19-,20+,24-/m0/s1. The minimum absolute atomic E-state index is 0.0814. The smallest absolute Gasteiger partial charge is 0.408 e. The van der Waals surface area contributed by atoms with Crippen LogP contribution in [0.15, 0.2) is 54.6 Å². The first-order valence-corrected chi connectivity index (χ1v) is 12.3. The Balaban J connectivity index is 1.51. The lowest BCUT2D eigenvalue weighted by atomic mass is 9.99. The van der Waals surface area contributed by atoms with Gasteiger partial charge in [-0.3, -0.25) is 4.79 Å². The lowest BCUT2D eigenvalue weighted by Crippen LogP contribution is -2.47. The molecule has 2 N–H and O–H groups in total. The molecule has 0 aliphatic carbocycles. The highest BCUT2D eigenvalue weighted by molar-refractivity contribution is 5.95. The maximum atomic E-state index is 12.9. The van der Waals surface area contributed by atoms with Gasteiger partial charge in [0.05, 0.1) is 13.2 Å². The van der Waals surface area contributed by atoms with Crippen LogP contribution in [-0.2, 0) is 30.4 Å². The summed E-state index contributed by atoms with van der Waals surface area (Å²) < 4.78 is 16.0. The number of carbonyl (C=O) groups is 3. The molecule has 3 atom stereocenters. The number of nitrogens with zero attached hydrogens (tertiary/aromatic N) is 1. The number of nitrogens with one attached hydrogen (secondary N) is 2. The summed E-state index contributed by atoms with van der Waals surface area (Å²) >= 11 is 0. The van der Waals surface area contributed by atoms with Gasteiger partial charge < -0.3 is 29.7 Å². The molecule has 2 aromatic carbocycles. The van der Waals surface area contributed by atoms with Crippen LogP contribution in [0.25, 0.3) is 0 Å². The van der Waals surface area contributed by atoms with Gasteiger partial charge in [-0.25, -0.2) is 9.59 Å². The molecule has 194 valence electrons. The van der Waals surface area contributed by atoms with Crippen molar-refractivity contribution < 1.29 is 28.6 Å². The number of alkyl carbamates (subject to hydrolysis) is 1. The second-order valence-electron chi connectivity index (χ2n) is 8.78. The van der Waals surface area contributed by atoms with E-state index in [4.69, 9.17) is 14.2 Å². The number of amides is 2. The first-order valence-electron chi connectivity index (χ1n) is 12.3. The van der Waals surface area contributed by atoms with Crippen molar-refractivity contribution in [2.24, 2.45) is 5.92 Å². The molecule has 1 saturated heterocycles. The van der Waals surface area contributed by atoms with E-state index < -0.39 is 30.1 Å². The molecule has 9 nitrogen and oxygen atoms in total. The summed E-state index contributed by atoms with van der Waals surface area (Å²) in [7, 11) is 0. The molecular formula is C27H35N3O6. The van der Waals surface area contributed by atoms with E-state index in [1.807, 2.05) is 68.4 Å². The summed E-state index contributed by atoms with van der Waals surface area (Å²) in [6.45, 7) is 8.34. The van der Waals surface area contributed by atoms with E-state index in [9.17, 15) is 14.4 Å². The highest BCUT2D eigenvalue weighted by atomic mass is 16.6. The average molecular weight is 498 g/mol. The molecule has 36 heavy (non-hydrogen) atoms. The Morgan fingerprint density at radius 3 is 2.31 bits per heavy atom. The number of anilines is 2. The molecule has 1 heterocycles. The van der Waals surface area contributed by atoms with Crippen molar-refractivity contribution in [1.29, 1.82) is 0 Å². The van der Waals surface area contributed by atoms with Gasteiger partial charge in [-0.15, -0.1) is 0 Å². The number of rotatable bonds is 10. The quantitative estimate of drug-likeness (QED) is 0.482. The lowest BCUT2D eigenvalue weighted by Gasteiger charge is -2.29. The molecule has 0 spiro atoms. The van der Waals surface area contributed by atoms with Crippen LogP contribution in [0.4, 0.5) is 16.2 Å². The predicted octanol–water partition coefficient (Wildman–Crippen LogP) is 3.73. The third-order valence-corrected chi connectivity index (χ3v) is 6.13. The molecule has 2 aromatic rings. The normalized spacial score (nSPS) is 15.8. The van der Waals surface area contributed by atoms with Crippen LogP contribution in [0.2, 0.25) is 0 Å². The van der Waals surface area contributed by atoms with Crippen molar-refractivity contribution in [3.8, 4) is 0 Å². The summed E-state index contributed by atoms with van der Waals surface area (Å²) in [6.07, 6.45) is -1.15.